The monoisotopic (exact) mass is 452 g/mol. The Labute approximate surface area is 186 Å². The van der Waals surface area contributed by atoms with Gasteiger partial charge in [0.05, 0.1) is 29.5 Å². The molecule has 3 amide bonds. The van der Waals surface area contributed by atoms with Crippen molar-refractivity contribution in [2.24, 2.45) is 0 Å². The van der Waals surface area contributed by atoms with Crippen molar-refractivity contribution >= 4 is 40.4 Å². The summed E-state index contributed by atoms with van der Waals surface area (Å²) < 4.78 is 8.47. The van der Waals surface area contributed by atoms with Crippen LogP contribution in [0.1, 0.15) is 6.92 Å². The van der Waals surface area contributed by atoms with Crippen LogP contribution in [-0.2, 0) is 4.79 Å². The summed E-state index contributed by atoms with van der Waals surface area (Å²) in [5.74, 6) is 0.374. The SMILES string of the molecule is CCNC(=O)NC(=O)CSc1nnc2n(-c3cccc(OC)c3)c(=O)c3ccccc3n12. The molecule has 10 nitrogen and oxygen atoms in total. The number of carbonyl (C=O) groups excluding carboxylic acids is 2. The summed E-state index contributed by atoms with van der Waals surface area (Å²) in [6.07, 6.45) is 0. The van der Waals surface area contributed by atoms with Crippen molar-refractivity contribution in [2.45, 2.75) is 12.1 Å². The molecule has 2 aromatic carbocycles. The highest BCUT2D eigenvalue weighted by atomic mass is 32.2. The third kappa shape index (κ3) is 4.02. The number of methoxy groups -OCH3 is 1. The first-order chi connectivity index (χ1) is 15.5. The average Bonchev–Trinajstić information content (AvgIpc) is 3.22. The molecule has 11 heteroatoms. The second kappa shape index (κ2) is 9.10. The van der Waals surface area contributed by atoms with Gasteiger partial charge in [0.1, 0.15) is 5.75 Å². The number of fused-ring (bicyclic) bond motifs is 3. The summed E-state index contributed by atoms with van der Waals surface area (Å²) in [7, 11) is 1.55. The van der Waals surface area contributed by atoms with E-state index in [2.05, 4.69) is 20.8 Å². The van der Waals surface area contributed by atoms with Crippen LogP contribution in [0.5, 0.6) is 5.75 Å². The number of urea groups is 1. The number of thioether (sulfide) groups is 1. The Hall–Kier alpha value is -3.86. The molecule has 2 heterocycles. The van der Waals surface area contributed by atoms with Gasteiger partial charge in [0, 0.05) is 12.6 Å². The molecule has 0 aliphatic rings. The van der Waals surface area contributed by atoms with E-state index in [1.807, 2.05) is 6.07 Å². The van der Waals surface area contributed by atoms with E-state index >= 15 is 0 Å². The highest BCUT2D eigenvalue weighted by Crippen LogP contribution is 2.24. The lowest BCUT2D eigenvalue weighted by Gasteiger charge is -2.12. The van der Waals surface area contributed by atoms with Crippen LogP contribution in [-0.4, -0.2) is 50.5 Å². The Kier molecular flexibility index (Phi) is 6.08. The number of amides is 3. The van der Waals surface area contributed by atoms with Crippen molar-refractivity contribution in [2.75, 3.05) is 19.4 Å². The van der Waals surface area contributed by atoms with Gasteiger partial charge in [-0.3, -0.25) is 19.3 Å². The number of benzene rings is 2. The molecule has 0 saturated heterocycles. The minimum absolute atomic E-state index is 0.0511. The number of nitrogens with zero attached hydrogens (tertiary/aromatic N) is 4. The number of imide groups is 1. The van der Waals surface area contributed by atoms with Gasteiger partial charge < -0.3 is 10.1 Å². The van der Waals surface area contributed by atoms with Gasteiger partial charge in [0.2, 0.25) is 11.7 Å². The van der Waals surface area contributed by atoms with Crippen molar-refractivity contribution in [3.05, 3.63) is 58.9 Å². The minimum Gasteiger partial charge on any atom is -0.497 e. The number of hydrogen-bond acceptors (Lipinski definition) is 7. The van der Waals surface area contributed by atoms with Crippen LogP contribution in [0, 0.1) is 0 Å². The van der Waals surface area contributed by atoms with Gasteiger partial charge in [-0.2, -0.15) is 0 Å². The van der Waals surface area contributed by atoms with E-state index in [1.54, 1.807) is 60.9 Å². The number of nitrogens with one attached hydrogen (secondary N) is 2. The molecule has 4 rings (SSSR count). The third-order valence-electron chi connectivity index (χ3n) is 4.63. The molecule has 0 bridgehead atoms. The highest BCUT2D eigenvalue weighted by Gasteiger charge is 2.19. The number of hydrogen-bond donors (Lipinski definition) is 2. The molecule has 2 aromatic heterocycles. The lowest BCUT2D eigenvalue weighted by Crippen LogP contribution is -2.40. The lowest BCUT2D eigenvalue weighted by molar-refractivity contribution is -0.117. The molecule has 0 aliphatic heterocycles. The van der Waals surface area contributed by atoms with E-state index in [-0.39, 0.29) is 11.3 Å². The molecule has 0 saturated carbocycles. The Morgan fingerprint density at radius 2 is 1.94 bits per heavy atom. The number of rotatable bonds is 6. The first-order valence-electron chi connectivity index (χ1n) is 9.77. The largest absolute Gasteiger partial charge is 0.497 e. The standard InChI is InChI=1S/C21H20N6O4S/c1-3-22-19(30)23-17(28)12-32-21-25-24-20-26(13-7-6-8-14(11-13)31-2)18(29)15-9-4-5-10-16(15)27(20)21/h4-11H,3,12H2,1-2H3,(H2,22,23,28,30). The van der Waals surface area contributed by atoms with Gasteiger partial charge in [-0.15, -0.1) is 10.2 Å². The molecule has 164 valence electrons. The number of aromatic nitrogens is 4. The molecule has 0 atom stereocenters. The number of para-hydroxylation sites is 1. The zero-order chi connectivity index (χ0) is 22.7. The molecular formula is C21H20N6O4S. The topological polar surface area (TPSA) is 120 Å². The van der Waals surface area contributed by atoms with Crippen molar-refractivity contribution in [1.82, 2.24) is 29.8 Å². The summed E-state index contributed by atoms with van der Waals surface area (Å²) in [6, 6.07) is 13.6. The third-order valence-corrected chi connectivity index (χ3v) is 5.56. The minimum atomic E-state index is -0.554. The fraction of sp³-hybridized carbons (Fsp3) is 0.190. The molecule has 0 radical (unpaired) electrons. The summed E-state index contributed by atoms with van der Waals surface area (Å²) in [6.45, 7) is 2.17. The van der Waals surface area contributed by atoms with Gasteiger partial charge in [-0.1, -0.05) is 30.0 Å². The number of carbonyl (C=O) groups is 2. The smallest absolute Gasteiger partial charge is 0.321 e. The maximum atomic E-state index is 13.3. The summed E-state index contributed by atoms with van der Waals surface area (Å²) in [5, 5.41) is 14.1. The van der Waals surface area contributed by atoms with Gasteiger partial charge in [-0.05, 0) is 31.2 Å². The van der Waals surface area contributed by atoms with Crippen LogP contribution in [0.25, 0.3) is 22.4 Å². The fourth-order valence-corrected chi connectivity index (χ4v) is 3.99. The van der Waals surface area contributed by atoms with E-state index in [0.717, 1.165) is 11.8 Å². The van der Waals surface area contributed by atoms with Crippen molar-refractivity contribution < 1.29 is 14.3 Å². The molecular weight excluding hydrogens is 432 g/mol. The van der Waals surface area contributed by atoms with Crippen molar-refractivity contribution in [3.63, 3.8) is 0 Å². The summed E-state index contributed by atoms with van der Waals surface area (Å²) in [5.41, 5.74) is 0.936. The molecule has 0 unspecified atom stereocenters. The zero-order valence-electron chi connectivity index (χ0n) is 17.4. The maximum Gasteiger partial charge on any atom is 0.321 e. The predicted molar refractivity (Wildman–Crippen MR) is 121 cm³/mol. The van der Waals surface area contributed by atoms with E-state index < -0.39 is 11.9 Å². The summed E-state index contributed by atoms with van der Waals surface area (Å²) in [4.78, 5) is 37.0. The van der Waals surface area contributed by atoms with Gasteiger partial charge >= 0.3 is 6.03 Å². The van der Waals surface area contributed by atoms with Gasteiger partial charge in [-0.25, -0.2) is 9.36 Å². The fourth-order valence-electron chi connectivity index (χ4n) is 3.25. The Morgan fingerprint density at radius 1 is 1.12 bits per heavy atom. The maximum absolute atomic E-state index is 13.3. The quantitative estimate of drug-likeness (QED) is 0.429. The van der Waals surface area contributed by atoms with Crippen molar-refractivity contribution in [1.29, 1.82) is 0 Å². The van der Waals surface area contributed by atoms with Crippen LogP contribution in [0.4, 0.5) is 4.79 Å². The number of ether oxygens (including phenoxy) is 1. The molecule has 2 N–H and O–H groups in total. The van der Waals surface area contributed by atoms with Crippen LogP contribution in [0.3, 0.4) is 0 Å². The van der Waals surface area contributed by atoms with Gasteiger partial charge in [0.15, 0.2) is 5.16 Å². The van der Waals surface area contributed by atoms with E-state index in [9.17, 15) is 14.4 Å². The van der Waals surface area contributed by atoms with Crippen LogP contribution in [0.15, 0.2) is 58.5 Å². The van der Waals surface area contributed by atoms with Crippen LogP contribution in [0.2, 0.25) is 0 Å². The molecule has 0 fully saturated rings. The Bertz CT molecular complexity index is 1380. The molecule has 0 aliphatic carbocycles. The zero-order valence-corrected chi connectivity index (χ0v) is 18.2. The molecule has 4 aromatic rings. The van der Waals surface area contributed by atoms with Crippen molar-refractivity contribution in [3.8, 4) is 11.4 Å². The van der Waals surface area contributed by atoms with E-state index in [4.69, 9.17) is 4.74 Å². The Balaban J connectivity index is 1.80. The normalized spacial score (nSPS) is 10.9. The predicted octanol–water partition coefficient (Wildman–Crippen LogP) is 1.98. The molecule has 32 heavy (non-hydrogen) atoms. The Morgan fingerprint density at radius 3 is 2.72 bits per heavy atom. The van der Waals surface area contributed by atoms with E-state index in [1.165, 1.54) is 4.57 Å². The molecule has 0 spiro atoms. The first kappa shape index (κ1) is 21.4. The lowest BCUT2D eigenvalue weighted by atomic mass is 10.2. The van der Waals surface area contributed by atoms with Crippen LogP contribution < -0.4 is 20.9 Å². The second-order valence-corrected chi connectivity index (χ2v) is 7.62. The van der Waals surface area contributed by atoms with Gasteiger partial charge in [0.25, 0.3) is 5.56 Å². The first-order valence-corrected chi connectivity index (χ1v) is 10.8. The van der Waals surface area contributed by atoms with E-state index in [0.29, 0.717) is 39.8 Å². The summed E-state index contributed by atoms with van der Waals surface area (Å²) >= 11 is 1.11. The van der Waals surface area contributed by atoms with Crippen LogP contribution >= 0.6 is 11.8 Å². The second-order valence-electron chi connectivity index (χ2n) is 6.67. The highest BCUT2D eigenvalue weighted by molar-refractivity contribution is 7.99. The average molecular weight is 452 g/mol.